The van der Waals surface area contributed by atoms with Gasteiger partial charge >= 0.3 is 5.97 Å². The summed E-state index contributed by atoms with van der Waals surface area (Å²) >= 11 is 0. The van der Waals surface area contributed by atoms with Crippen LogP contribution in [-0.4, -0.2) is 32.8 Å². The van der Waals surface area contributed by atoms with Crippen LogP contribution < -0.4 is 0 Å². The molecule has 124 valence electrons. The number of amides is 2. The molecule has 2 amide bonds. The molecule has 0 saturated heterocycles. The second kappa shape index (κ2) is 5.86. The van der Waals surface area contributed by atoms with Crippen LogP contribution in [0, 0.1) is 0 Å². The van der Waals surface area contributed by atoms with Crippen LogP contribution in [0.4, 0.5) is 0 Å². The highest BCUT2D eigenvalue weighted by Gasteiger charge is 2.38. The molecule has 2 heterocycles. The molecule has 7 nitrogen and oxygen atoms in total. The Kier molecular flexibility index (Phi) is 3.53. The van der Waals surface area contributed by atoms with Crippen molar-refractivity contribution in [3.05, 3.63) is 65.5 Å². The second-order valence-electron chi connectivity index (χ2n) is 5.61. The van der Waals surface area contributed by atoms with Crippen molar-refractivity contribution in [2.45, 2.75) is 12.8 Å². The van der Waals surface area contributed by atoms with E-state index in [1.165, 1.54) is 12.1 Å². The van der Waals surface area contributed by atoms with Gasteiger partial charge in [0.25, 0.3) is 11.8 Å². The van der Waals surface area contributed by atoms with E-state index in [1.807, 2.05) is 24.3 Å². The highest BCUT2D eigenvalue weighted by molar-refractivity contribution is 6.20. The zero-order chi connectivity index (χ0) is 17.4. The first-order chi connectivity index (χ1) is 12.1. The number of para-hydroxylation sites is 2. The average Bonchev–Trinajstić information content (AvgIpc) is 3.15. The molecule has 4 rings (SSSR count). The maximum absolute atomic E-state index is 12.1. The predicted molar refractivity (Wildman–Crippen MR) is 87.4 cm³/mol. The summed E-state index contributed by atoms with van der Waals surface area (Å²) in [4.78, 5) is 48.8. The topological polar surface area (TPSA) is 92.4 Å². The van der Waals surface area contributed by atoms with E-state index in [1.54, 1.807) is 12.1 Å². The van der Waals surface area contributed by atoms with Crippen LogP contribution in [0.5, 0.6) is 0 Å². The third-order valence-electron chi connectivity index (χ3n) is 3.95. The van der Waals surface area contributed by atoms with Gasteiger partial charge in [0, 0.05) is 6.42 Å². The molecule has 0 fully saturated rings. The molecular formula is C18H13N3O4. The number of fused-ring (bicyclic) bond motifs is 2. The van der Waals surface area contributed by atoms with E-state index < -0.39 is 17.8 Å². The van der Waals surface area contributed by atoms with Crippen LogP contribution in [0.2, 0.25) is 0 Å². The number of aryl methyl sites for hydroxylation is 1. The van der Waals surface area contributed by atoms with Gasteiger partial charge in [0.1, 0.15) is 5.82 Å². The highest BCUT2D eigenvalue weighted by atomic mass is 16.7. The first kappa shape index (κ1) is 15.1. The molecule has 7 heteroatoms. The smallest absolute Gasteiger partial charge is 0.333 e. The molecular weight excluding hydrogens is 322 g/mol. The van der Waals surface area contributed by atoms with Crippen LogP contribution in [-0.2, 0) is 16.1 Å². The van der Waals surface area contributed by atoms with Gasteiger partial charge in [-0.1, -0.05) is 29.3 Å². The largest absolute Gasteiger partial charge is 0.342 e. The van der Waals surface area contributed by atoms with Gasteiger partial charge in [0.15, 0.2) is 0 Å². The number of aromatic nitrogens is 2. The maximum Gasteiger partial charge on any atom is 0.333 e. The number of carbonyl (C=O) groups excluding carboxylic acids is 3. The number of H-pyrrole nitrogens is 1. The molecule has 2 aromatic carbocycles. The SMILES string of the molecule is O=C(CCc1nc2ccccc2[nH]1)ON1C(=O)c2ccccc2C1=O. The van der Waals surface area contributed by atoms with Gasteiger partial charge in [0.05, 0.1) is 28.6 Å². The lowest BCUT2D eigenvalue weighted by Crippen LogP contribution is -2.32. The van der Waals surface area contributed by atoms with Gasteiger partial charge in [-0.3, -0.25) is 9.59 Å². The van der Waals surface area contributed by atoms with Crippen molar-refractivity contribution in [3.8, 4) is 0 Å². The van der Waals surface area contributed by atoms with E-state index in [9.17, 15) is 14.4 Å². The Morgan fingerprint density at radius 1 is 1.00 bits per heavy atom. The third-order valence-corrected chi connectivity index (χ3v) is 3.95. The van der Waals surface area contributed by atoms with Gasteiger partial charge in [-0.15, -0.1) is 0 Å². The molecule has 25 heavy (non-hydrogen) atoms. The Bertz CT molecular complexity index is 940. The summed E-state index contributed by atoms with van der Waals surface area (Å²) in [6.45, 7) is 0. The summed E-state index contributed by atoms with van der Waals surface area (Å²) in [6.07, 6.45) is 0.309. The van der Waals surface area contributed by atoms with E-state index >= 15 is 0 Å². The number of hydrogen-bond donors (Lipinski definition) is 1. The van der Waals surface area contributed by atoms with Crippen LogP contribution in [0.1, 0.15) is 33.0 Å². The summed E-state index contributed by atoms with van der Waals surface area (Å²) in [5.41, 5.74) is 2.16. The zero-order valence-electron chi connectivity index (χ0n) is 13.1. The van der Waals surface area contributed by atoms with Crippen molar-refractivity contribution >= 4 is 28.8 Å². The fourth-order valence-corrected chi connectivity index (χ4v) is 2.74. The molecule has 1 N–H and O–H groups in total. The van der Waals surface area contributed by atoms with E-state index in [-0.39, 0.29) is 17.5 Å². The number of nitrogens with zero attached hydrogens (tertiary/aromatic N) is 2. The molecule has 3 aromatic rings. The fraction of sp³-hybridized carbons (Fsp3) is 0.111. The Balaban J connectivity index is 1.41. The van der Waals surface area contributed by atoms with Crippen LogP contribution >= 0.6 is 0 Å². The molecule has 0 spiro atoms. The van der Waals surface area contributed by atoms with E-state index in [4.69, 9.17) is 4.84 Å². The number of imide groups is 1. The van der Waals surface area contributed by atoms with Gasteiger partial charge in [-0.2, -0.15) is 0 Å². The predicted octanol–water partition coefficient (Wildman–Crippen LogP) is 2.25. The van der Waals surface area contributed by atoms with Gasteiger partial charge in [0.2, 0.25) is 0 Å². The number of benzene rings is 2. The molecule has 0 radical (unpaired) electrons. The quantitative estimate of drug-likeness (QED) is 0.738. The van der Waals surface area contributed by atoms with Crippen molar-refractivity contribution in [2.75, 3.05) is 0 Å². The van der Waals surface area contributed by atoms with Crippen LogP contribution in [0.15, 0.2) is 48.5 Å². The number of aromatic amines is 1. The van der Waals surface area contributed by atoms with E-state index in [0.717, 1.165) is 11.0 Å². The zero-order valence-corrected chi connectivity index (χ0v) is 13.1. The number of imidazole rings is 1. The minimum atomic E-state index is -0.671. The number of carbonyl (C=O) groups is 3. The molecule has 1 aliphatic heterocycles. The molecule has 0 unspecified atom stereocenters. The molecule has 0 bridgehead atoms. The van der Waals surface area contributed by atoms with Gasteiger partial charge in [-0.05, 0) is 24.3 Å². The third kappa shape index (κ3) is 2.65. The Morgan fingerprint density at radius 2 is 1.64 bits per heavy atom. The lowest BCUT2D eigenvalue weighted by atomic mass is 10.1. The second-order valence-corrected chi connectivity index (χ2v) is 5.61. The number of hydrogen-bond acceptors (Lipinski definition) is 5. The van der Waals surface area contributed by atoms with Gasteiger partial charge in [-0.25, -0.2) is 9.78 Å². The first-order valence-corrected chi connectivity index (χ1v) is 7.76. The summed E-state index contributed by atoms with van der Waals surface area (Å²) in [6, 6.07) is 13.9. The fourth-order valence-electron chi connectivity index (χ4n) is 2.74. The summed E-state index contributed by atoms with van der Waals surface area (Å²) in [5.74, 6) is -1.29. The van der Waals surface area contributed by atoms with Crippen molar-refractivity contribution in [3.63, 3.8) is 0 Å². The standard InChI is InChI=1S/C18H13N3O4/c22-16(10-9-15-19-13-7-3-4-8-14(13)20-15)25-21-17(23)11-5-1-2-6-12(11)18(21)24/h1-8H,9-10H2,(H,19,20). The molecule has 1 aromatic heterocycles. The average molecular weight is 335 g/mol. The van der Waals surface area contributed by atoms with Crippen molar-refractivity contribution in [2.24, 2.45) is 0 Å². The molecule has 1 aliphatic rings. The van der Waals surface area contributed by atoms with Gasteiger partial charge < -0.3 is 9.82 Å². The normalized spacial score (nSPS) is 13.4. The molecule has 0 saturated carbocycles. The number of rotatable bonds is 4. The lowest BCUT2D eigenvalue weighted by molar-refractivity contribution is -0.168. The molecule has 0 aliphatic carbocycles. The number of nitrogens with one attached hydrogen (secondary N) is 1. The van der Waals surface area contributed by atoms with Crippen LogP contribution in [0.25, 0.3) is 11.0 Å². The lowest BCUT2D eigenvalue weighted by Gasteiger charge is -2.12. The monoisotopic (exact) mass is 335 g/mol. The van der Waals surface area contributed by atoms with E-state index in [2.05, 4.69) is 9.97 Å². The van der Waals surface area contributed by atoms with Crippen molar-refractivity contribution in [1.82, 2.24) is 15.0 Å². The Hall–Kier alpha value is -3.48. The van der Waals surface area contributed by atoms with Crippen molar-refractivity contribution in [1.29, 1.82) is 0 Å². The number of hydroxylamine groups is 2. The highest BCUT2D eigenvalue weighted by Crippen LogP contribution is 2.23. The summed E-state index contributed by atoms with van der Waals surface area (Å²) in [5, 5.41) is 0.519. The van der Waals surface area contributed by atoms with E-state index in [0.29, 0.717) is 17.3 Å². The molecule has 0 atom stereocenters. The minimum absolute atomic E-state index is 0.00672. The van der Waals surface area contributed by atoms with Crippen molar-refractivity contribution < 1.29 is 19.2 Å². The minimum Gasteiger partial charge on any atom is -0.342 e. The summed E-state index contributed by atoms with van der Waals surface area (Å²) < 4.78 is 0. The Morgan fingerprint density at radius 3 is 2.32 bits per heavy atom. The van der Waals surface area contributed by atoms with Crippen LogP contribution in [0.3, 0.4) is 0 Å². The maximum atomic E-state index is 12.1. The first-order valence-electron chi connectivity index (χ1n) is 7.76. The Labute approximate surface area is 142 Å². The summed E-state index contributed by atoms with van der Waals surface area (Å²) in [7, 11) is 0.